The molecule has 0 radical (unpaired) electrons. The van der Waals surface area contributed by atoms with Crippen LogP contribution in [0, 0.1) is 13.8 Å². The number of fused-ring (bicyclic) bond motifs is 2. The van der Waals surface area contributed by atoms with Crippen molar-refractivity contribution >= 4 is 149 Å². The predicted molar refractivity (Wildman–Crippen MR) is 275 cm³/mol. The smallest absolute Gasteiger partial charge is 0.870 e. The molecule has 8 aromatic rings. The zero-order valence-electron chi connectivity index (χ0n) is 38.7. The molecular formula is C50H38CaCl2N6O12S2. The Kier molecular flexibility index (Phi) is 17.8. The van der Waals surface area contributed by atoms with Gasteiger partial charge in [0, 0.05) is 27.7 Å². The van der Waals surface area contributed by atoms with Crippen molar-refractivity contribution < 1.29 is 55.2 Å². The molecule has 0 saturated heterocycles. The van der Waals surface area contributed by atoms with Crippen molar-refractivity contribution in [2.45, 2.75) is 23.6 Å². The van der Waals surface area contributed by atoms with Crippen molar-refractivity contribution in [3.8, 4) is 23.0 Å². The Bertz CT molecular complexity index is 3490. The van der Waals surface area contributed by atoms with Gasteiger partial charge in [-0.15, -0.1) is 15.3 Å². The van der Waals surface area contributed by atoms with Crippen molar-refractivity contribution in [1.82, 2.24) is 0 Å². The molecular weight excluding hydrogens is 1050 g/mol. The Balaban J connectivity index is 0.000000235. The minimum atomic E-state index is -4.87. The summed E-state index contributed by atoms with van der Waals surface area (Å²) in [6.45, 7) is 2.89. The maximum absolute atomic E-state index is 13.3. The predicted octanol–water partition coefficient (Wildman–Crippen LogP) is 11.5. The fraction of sp³-hybridized carbons (Fsp3) is 0.0800. The summed E-state index contributed by atoms with van der Waals surface area (Å²) >= 11 is 12.3. The van der Waals surface area contributed by atoms with Crippen LogP contribution in [0.2, 0.25) is 10.0 Å². The van der Waals surface area contributed by atoms with Gasteiger partial charge in [-0.05, 0) is 109 Å². The van der Waals surface area contributed by atoms with E-state index in [1.807, 2.05) is 0 Å². The van der Waals surface area contributed by atoms with Crippen molar-refractivity contribution in [3.05, 3.63) is 166 Å². The van der Waals surface area contributed by atoms with Crippen molar-refractivity contribution in [2.75, 3.05) is 24.9 Å². The summed E-state index contributed by atoms with van der Waals surface area (Å²) in [5, 5.41) is 47.1. The third kappa shape index (κ3) is 12.7. The molecule has 23 heteroatoms. The van der Waals surface area contributed by atoms with E-state index in [1.165, 1.54) is 64.5 Å². The minimum Gasteiger partial charge on any atom is -0.870 e. The number of nitrogens with zero attached hydrogens (tertiary/aromatic N) is 4. The average molecular weight is 1090 g/mol. The summed E-state index contributed by atoms with van der Waals surface area (Å²) in [5.41, 5.74) is 0.778. The van der Waals surface area contributed by atoms with E-state index in [2.05, 4.69) is 31.1 Å². The number of hydrogen-bond acceptors (Lipinski definition) is 15. The molecule has 8 aromatic carbocycles. The van der Waals surface area contributed by atoms with Crippen LogP contribution in [-0.2, 0) is 20.2 Å². The van der Waals surface area contributed by atoms with Crippen LogP contribution in [0.5, 0.6) is 23.0 Å². The van der Waals surface area contributed by atoms with E-state index in [9.17, 15) is 45.7 Å². The van der Waals surface area contributed by atoms with Crippen LogP contribution in [-0.4, -0.2) is 94.8 Å². The van der Waals surface area contributed by atoms with Crippen molar-refractivity contribution in [3.63, 3.8) is 0 Å². The third-order valence-electron chi connectivity index (χ3n) is 10.7. The molecule has 368 valence electrons. The van der Waals surface area contributed by atoms with Gasteiger partial charge in [-0.2, -0.15) is 13.5 Å². The van der Waals surface area contributed by atoms with Crippen LogP contribution in [0.1, 0.15) is 31.8 Å². The molecule has 0 spiro atoms. The van der Waals surface area contributed by atoms with E-state index in [0.717, 1.165) is 0 Å². The van der Waals surface area contributed by atoms with Gasteiger partial charge in [0.2, 0.25) is 0 Å². The van der Waals surface area contributed by atoms with E-state index >= 15 is 0 Å². The quantitative estimate of drug-likeness (QED) is 0.0505. The van der Waals surface area contributed by atoms with E-state index in [-0.39, 0.29) is 87.8 Å². The average Bonchev–Trinajstić information content (AvgIpc) is 3.34. The van der Waals surface area contributed by atoms with Crippen LogP contribution in [0.15, 0.2) is 164 Å². The Labute approximate surface area is 457 Å². The first-order valence-electron chi connectivity index (χ1n) is 20.9. The molecule has 0 bridgehead atoms. The number of nitrogens with one attached hydrogen (secondary N) is 2. The molecule has 0 aromatic heterocycles. The number of carbonyl (C=O) groups excluding carboxylic acids is 2. The Hall–Kier alpha value is -6.72. The van der Waals surface area contributed by atoms with Gasteiger partial charge in [0.15, 0.2) is 5.75 Å². The molecule has 0 aliphatic carbocycles. The maximum atomic E-state index is 13.3. The second-order valence-corrected chi connectivity index (χ2v) is 18.9. The summed E-state index contributed by atoms with van der Waals surface area (Å²) < 4.78 is 78.1. The number of halogens is 2. The molecule has 0 aliphatic rings. The first-order valence-corrected chi connectivity index (χ1v) is 24.5. The van der Waals surface area contributed by atoms with Gasteiger partial charge < -0.3 is 34.9 Å². The monoisotopic (exact) mass is 1090 g/mol. The zero-order valence-corrected chi connectivity index (χ0v) is 44.1. The summed E-state index contributed by atoms with van der Waals surface area (Å²) in [6.07, 6.45) is 0. The maximum Gasteiger partial charge on any atom is 2.00 e. The molecule has 0 saturated carbocycles. The fourth-order valence-electron chi connectivity index (χ4n) is 7.18. The number of phenols is 1. The number of hydrogen-bond donors (Lipinski definition) is 4. The molecule has 0 fully saturated rings. The number of carbonyl (C=O) groups is 2. The summed E-state index contributed by atoms with van der Waals surface area (Å²) in [6, 6.07) is 35.5. The van der Waals surface area contributed by atoms with Gasteiger partial charge in [0.25, 0.3) is 21.9 Å². The number of benzene rings is 8. The largest absolute Gasteiger partial charge is 2.00 e. The molecule has 4 N–H and O–H groups in total. The molecule has 0 heterocycles. The molecule has 0 atom stereocenters. The van der Waals surface area contributed by atoms with E-state index in [1.54, 1.807) is 97.1 Å². The molecule has 0 aliphatic heterocycles. The van der Waals surface area contributed by atoms with Crippen LogP contribution in [0.3, 0.4) is 0 Å². The zero-order chi connectivity index (χ0) is 52.1. The molecule has 73 heavy (non-hydrogen) atoms. The Morgan fingerprint density at radius 2 is 1.00 bits per heavy atom. The first kappa shape index (κ1) is 55.6. The summed E-state index contributed by atoms with van der Waals surface area (Å²) in [4.78, 5) is 24.9. The molecule has 0 unspecified atom stereocenters. The third-order valence-corrected chi connectivity index (χ3v) is 13.8. The number of methoxy groups -OCH3 is 2. The van der Waals surface area contributed by atoms with Crippen molar-refractivity contribution in [2.24, 2.45) is 20.5 Å². The van der Waals surface area contributed by atoms with Gasteiger partial charge in [-0.3, -0.25) is 14.1 Å². The number of amides is 2. The van der Waals surface area contributed by atoms with Crippen LogP contribution in [0.4, 0.5) is 34.1 Å². The van der Waals surface area contributed by atoms with E-state index in [0.29, 0.717) is 44.4 Å². The number of aromatic hydroxyl groups is 1. The van der Waals surface area contributed by atoms with Gasteiger partial charge in [-0.25, -0.2) is 8.42 Å². The van der Waals surface area contributed by atoms with Crippen LogP contribution < -0.4 is 25.2 Å². The normalized spacial score (nSPS) is 11.5. The number of phenolic OH excluding ortho intramolecular Hbond substituents is 1. The first-order chi connectivity index (χ1) is 34.2. The van der Waals surface area contributed by atoms with Crippen LogP contribution >= 0.6 is 23.2 Å². The van der Waals surface area contributed by atoms with Gasteiger partial charge in [-0.1, -0.05) is 89.6 Å². The second kappa shape index (κ2) is 23.4. The van der Waals surface area contributed by atoms with Crippen LogP contribution in [0.25, 0.3) is 21.5 Å². The topological polar surface area (TPSA) is 281 Å². The van der Waals surface area contributed by atoms with Gasteiger partial charge in [0.05, 0.1) is 40.4 Å². The Morgan fingerprint density at radius 1 is 0.589 bits per heavy atom. The number of aryl methyl sites for hydroxylation is 2. The number of ether oxygens (including phenoxy) is 2. The number of rotatable bonds is 12. The van der Waals surface area contributed by atoms with E-state index < -0.39 is 58.4 Å². The minimum absolute atomic E-state index is 0. The van der Waals surface area contributed by atoms with Crippen molar-refractivity contribution in [1.29, 1.82) is 0 Å². The molecule has 8 rings (SSSR count). The SMILES string of the molecule is COc1ccc(NC(=O)c2cc3ccccc3c(N=Nc3ccc(C)c(S(=O)(=O)O)c3Cl)c2O)cc1.COc1ccc(NC(=O)c2cc3ccccc3c(N=Nc3ccc(C)c(S(=O)(=O)[O-])c3Cl)c2[O-])cc1.[Ca+2]. The fourth-order valence-corrected chi connectivity index (χ4v) is 9.85. The standard InChI is InChI=1S/2C25H20ClN3O6S.Ca/c2*1-14-7-12-20(21(26)24(14)36(32,33)34)28-29-22-18-6-4-3-5-15(18)13-19(23(22)30)25(31)27-16-8-10-17(35-2)11-9-16;/h2*3-13,30H,1-2H3,(H,27,31)(H,32,33,34);/q;;+2/p-2. The van der Waals surface area contributed by atoms with Gasteiger partial charge in [0.1, 0.15) is 43.6 Å². The summed E-state index contributed by atoms with van der Waals surface area (Å²) in [5.74, 6) is -1.13. The number of anilines is 2. The van der Waals surface area contributed by atoms with E-state index in [4.69, 9.17) is 32.7 Å². The molecule has 18 nitrogen and oxygen atoms in total. The second-order valence-electron chi connectivity index (χ2n) is 15.4. The number of azo groups is 2. The molecule has 2 amide bonds. The van der Waals surface area contributed by atoms with Gasteiger partial charge >= 0.3 is 37.7 Å². The Morgan fingerprint density at radius 3 is 1.47 bits per heavy atom. The summed E-state index contributed by atoms with van der Waals surface area (Å²) in [7, 11) is -6.43.